The molecule has 2 aromatic carbocycles. The molecular formula is C16H13NO4. The molecule has 0 aliphatic rings. The van der Waals surface area contributed by atoms with Crippen molar-refractivity contribution in [2.45, 2.75) is 0 Å². The number of aldehydes is 1. The minimum atomic E-state index is 0.279. The van der Waals surface area contributed by atoms with E-state index in [9.17, 15) is 4.79 Å². The SMILES string of the molecule is COc1cc(OC)cc(Oc2ccc(C=O)cc2C#N)c1. The van der Waals surface area contributed by atoms with Gasteiger partial charge in [0.2, 0.25) is 0 Å². The van der Waals surface area contributed by atoms with Crippen molar-refractivity contribution in [3.63, 3.8) is 0 Å². The highest BCUT2D eigenvalue weighted by atomic mass is 16.5. The highest BCUT2D eigenvalue weighted by molar-refractivity contribution is 5.76. The van der Waals surface area contributed by atoms with Gasteiger partial charge in [-0.3, -0.25) is 4.79 Å². The van der Waals surface area contributed by atoms with E-state index in [1.54, 1.807) is 30.3 Å². The van der Waals surface area contributed by atoms with E-state index >= 15 is 0 Å². The monoisotopic (exact) mass is 283 g/mol. The van der Waals surface area contributed by atoms with Gasteiger partial charge < -0.3 is 14.2 Å². The second-order valence-electron chi connectivity index (χ2n) is 4.14. The summed E-state index contributed by atoms with van der Waals surface area (Å²) in [5.41, 5.74) is 0.698. The summed E-state index contributed by atoms with van der Waals surface area (Å²) in [6.07, 6.45) is 0.680. The topological polar surface area (TPSA) is 68.6 Å². The highest BCUT2D eigenvalue weighted by Crippen LogP contribution is 2.32. The quantitative estimate of drug-likeness (QED) is 0.788. The van der Waals surface area contributed by atoms with Gasteiger partial charge in [-0.15, -0.1) is 0 Å². The normalized spacial score (nSPS) is 9.57. The van der Waals surface area contributed by atoms with Crippen LogP contribution in [0.4, 0.5) is 0 Å². The van der Waals surface area contributed by atoms with E-state index in [1.807, 2.05) is 6.07 Å². The molecule has 0 aromatic heterocycles. The third-order valence-electron chi connectivity index (χ3n) is 2.81. The lowest BCUT2D eigenvalue weighted by atomic mass is 10.1. The van der Waals surface area contributed by atoms with Crippen LogP contribution in [0.15, 0.2) is 36.4 Å². The van der Waals surface area contributed by atoms with E-state index < -0.39 is 0 Å². The third-order valence-corrected chi connectivity index (χ3v) is 2.81. The number of nitrogens with zero attached hydrogens (tertiary/aromatic N) is 1. The molecule has 0 bridgehead atoms. The van der Waals surface area contributed by atoms with Crippen LogP contribution >= 0.6 is 0 Å². The number of hydrogen-bond donors (Lipinski definition) is 0. The average Bonchev–Trinajstić information content (AvgIpc) is 2.54. The molecule has 0 aliphatic heterocycles. The Balaban J connectivity index is 2.38. The maximum absolute atomic E-state index is 10.7. The molecule has 0 unspecified atom stereocenters. The van der Waals surface area contributed by atoms with Crippen molar-refractivity contribution in [2.24, 2.45) is 0 Å². The molecular weight excluding hydrogens is 270 g/mol. The number of benzene rings is 2. The van der Waals surface area contributed by atoms with Crippen LogP contribution in [0.1, 0.15) is 15.9 Å². The van der Waals surface area contributed by atoms with Crippen LogP contribution in [0.2, 0.25) is 0 Å². The fraction of sp³-hybridized carbons (Fsp3) is 0.125. The molecule has 0 radical (unpaired) electrons. The Morgan fingerprint density at radius 3 is 2.14 bits per heavy atom. The summed E-state index contributed by atoms with van der Waals surface area (Å²) in [6, 6.07) is 11.7. The summed E-state index contributed by atoms with van der Waals surface area (Å²) in [7, 11) is 3.08. The van der Waals surface area contributed by atoms with Gasteiger partial charge in [-0.1, -0.05) is 0 Å². The Morgan fingerprint density at radius 1 is 1.00 bits per heavy atom. The van der Waals surface area contributed by atoms with E-state index in [0.717, 1.165) is 0 Å². The Bertz CT molecular complexity index is 682. The second kappa shape index (κ2) is 6.44. The highest BCUT2D eigenvalue weighted by Gasteiger charge is 2.08. The van der Waals surface area contributed by atoms with Crippen molar-refractivity contribution >= 4 is 6.29 Å². The van der Waals surface area contributed by atoms with E-state index in [2.05, 4.69) is 0 Å². The van der Waals surface area contributed by atoms with Crippen LogP contribution in [0, 0.1) is 11.3 Å². The van der Waals surface area contributed by atoms with Gasteiger partial charge in [-0.25, -0.2) is 0 Å². The molecule has 0 spiro atoms. The summed E-state index contributed by atoms with van der Waals surface area (Å²) in [4.78, 5) is 10.7. The predicted molar refractivity (Wildman–Crippen MR) is 76.2 cm³/mol. The zero-order valence-electron chi connectivity index (χ0n) is 11.6. The fourth-order valence-electron chi connectivity index (χ4n) is 1.76. The van der Waals surface area contributed by atoms with Gasteiger partial charge in [0.1, 0.15) is 35.4 Å². The Kier molecular flexibility index (Phi) is 4.42. The van der Waals surface area contributed by atoms with Crippen LogP contribution in [0.5, 0.6) is 23.0 Å². The van der Waals surface area contributed by atoms with E-state index in [4.69, 9.17) is 19.5 Å². The predicted octanol–water partition coefficient (Wildman–Crippen LogP) is 3.18. The average molecular weight is 283 g/mol. The Labute approximate surface area is 122 Å². The summed E-state index contributed by atoms with van der Waals surface area (Å²) >= 11 is 0. The smallest absolute Gasteiger partial charge is 0.150 e. The van der Waals surface area contributed by atoms with Gasteiger partial charge in [0, 0.05) is 23.8 Å². The van der Waals surface area contributed by atoms with Crippen LogP contribution in [-0.2, 0) is 0 Å². The Hall–Kier alpha value is -3.00. The summed E-state index contributed by atoms with van der Waals surface area (Å²) in [5, 5.41) is 9.12. The zero-order chi connectivity index (χ0) is 15.2. The first-order chi connectivity index (χ1) is 10.2. The number of rotatable bonds is 5. The summed E-state index contributed by atoms with van der Waals surface area (Å²) < 4.78 is 16.0. The van der Waals surface area contributed by atoms with Gasteiger partial charge in [0.15, 0.2) is 0 Å². The van der Waals surface area contributed by atoms with Gasteiger partial charge in [-0.2, -0.15) is 5.26 Å². The number of carbonyl (C=O) groups excluding carboxylic acids is 1. The van der Waals surface area contributed by atoms with Crippen molar-refractivity contribution in [2.75, 3.05) is 14.2 Å². The maximum Gasteiger partial charge on any atom is 0.150 e. The van der Waals surface area contributed by atoms with Gasteiger partial charge in [-0.05, 0) is 18.2 Å². The molecule has 0 atom stereocenters. The molecule has 5 heteroatoms. The van der Waals surface area contributed by atoms with Crippen molar-refractivity contribution < 1.29 is 19.0 Å². The number of ether oxygens (including phenoxy) is 3. The van der Waals surface area contributed by atoms with E-state index in [1.165, 1.54) is 20.3 Å². The minimum Gasteiger partial charge on any atom is -0.496 e. The van der Waals surface area contributed by atoms with Crippen LogP contribution in [0.25, 0.3) is 0 Å². The molecule has 106 valence electrons. The first-order valence-corrected chi connectivity index (χ1v) is 6.10. The molecule has 0 N–H and O–H groups in total. The zero-order valence-corrected chi connectivity index (χ0v) is 11.6. The van der Waals surface area contributed by atoms with Crippen molar-refractivity contribution in [3.05, 3.63) is 47.5 Å². The van der Waals surface area contributed by atoms with E-state index in [-0.39, 0.29) is 5.56 Å². The maximum atomic E-state index is 10.7. The van der Waals surface area contributed by atoms with Crippen molar-refractivity contribution in [3.8, 4) is 29.1 Å². The fourth-order valence-corrected chi connectivity index (χ4v) is 1.76. The van der Waals surface area contributed by atoms with Gasteiger partial charge in [0.25, 0.3) is 0 Å². The Morgan fingerprint density at radius 2 is 1.62 bits per heavy atom. The lowest BCUT2D eigenvalue weighted by Gasteiger charge is -2.11. The molecule has 0 aliphatic carbocycles. The number of carbonyl (C=O) groups is 1. The first kappa shape index (κ1) is 14.4. The summed E-state index contributed by atoms with van der Waals surface area (Å²) in [6.45, 7) is 0. The molecule has 2 rings (SSSR count). The van der Waals surface area contributed by atoms with Crippen molar-refractivity contribution in [1.29, 1.82) is 5.26 Å². The molecule has 5 nitrogen and oxygen atoms in total. The molecule has 0 saturated heterocycles. The molecule has 0 amide bonds. The van der Waals surface area contributed by atoms with Gasteiger partial charge >= 0.3 is 0 Å². The van der Waals surface area contributed by atoms with Crippen LogP contribution in [-0.4, -0.2) is 20.5 Å². The standard InChI is InChI=1S/C16H13NO4/c1-19-13-6-14(20-2)8-15(7-13)21-16-4-3-11(10-18)5-12(16)9-17/h3-8,10H,1-2H3. The minimum absolute atomic E-state index is 0.279. The number of hydrogen-bond acceptors (Lipinski definition) is 5. The van der Waals surface area contributed by atoms with Crippen LogP contribution in [0.3, 0.4) is 0 Å². The van der Waals surface area contributed by atoms with Crippen molar-refractivity contribution in [1.82, 2.24) is 0 Å². The number of nitriles is 1. The first-order valence-electron chi connectivity index (χ1n) is 6.10. The second-order valence-corrected chi connectivity index (χ2v) is 4.14. The molecule has 0 heterocycles. The molecule has 2 aromatic rings. The summed E-state index contributed by atoms with van der Waals surface area (Å²) in [5.74, 6) is 1.99. The van der Waals surface area contributed by atoms with Crippen LogP contribution < -0.4 is 14.2 Å². The molecule has 0 saturated carbocycles. The largest absolute Gasteiger partial charge is 0.496 e. The lowest BCUT2D eigenvalue weighted by molar-refractivity contribution is 0.112. The molecule has 0 fully saturated rings. The van der Waals surface area contributed by atoms with E-state index in [0.29, 0.717) is 34.8 Å². The third kappa shape index (κ3) is 3.31. The lowest BCUT2D eigenvalue weighted by Crippen LogP contribution is -1.93. The number of methoxy groups -OCH3 is 2. The molecule has 21 heavy (non-hydrogen) atoms. The van der Waals surface area contributed by atoms with Gasteiger partial charge in [0.05, 0.1) is 19.8 Å².